The number of amides is 1. The minimum atomic E-state index is -3.85. The molecule has 0 bridgehead atoms. The van der Waals surface area contributed by atoms with Gasteiger partial charge in [0.15, 0.2) is 0 Å². The van der Waals surface area contributed by atoms with E-state index < -0.39 is 15.9 Å². The highest BCUT2D eigenvalue weighted by atomic mass is 32.2. The fourth-order valence-electron chi connectivity index (χ4n) is 2.73. The maximum atomic E-state index is 12.2. The summed E-state index contributed by atoms with van der Waals surface area (Å²) in [5.41, 5.74) is 3.72. The number of nitrogens with one attached hydrogen (secondary N) is 1. The third-order valence-corrected chi connectivity index (χ3v) is 5.47. The molecule has 0 aliphatic heterocycles. The summed E-state index contributed by atoms with van der Waals surface area (Å²) in [6.07, 6.45) is 1.80. The summed E-state index contributed by atoms with van der Waals surface area (Å²) in [6.45, 7) is 3.47. The number of hydrogen-bond donors (Lipinski definition) is 1. The topological polar surface area (TPSA) is 76.4 Å². The normalized spacial score (nSPS) is 11.3. The molecule has 5 nitrogen and oxygen atoms in total. The summed E-state index contributed by atoms with van der Waals surface area (Å²) in [7, 11) is -3.85. The van der Waals surface area contributed by atoms with Crippen LogP contribution in [0.15, 0.2) is 70.2 Å². The zero-order chi connectivity index (χ0) is 18.7. The maximum absolute atomic E-state index is 12.2. The summed E-state index contributed by atoms with van der Waals surface area (Å²) in [4.78, 5) is 11.4. The quantitative estimate of drug-likeness (QED) is 0.733. The average Bonchev–Trinajstić information content (AvgIpc) is 3.03. The molecule has 0 aliphatic rings. The predicted octanol–water partition coefficient (Wildman–Crippen LogP) is 4.14. The van der Waals surface area contributed by atoms with Crippen LogP contribution in [0.1, 0.15) is 19.1 Å². The molecule has 0 radical (unpaired) electrons. The number of benzene rings is 2. The third-order valence-electron chi connectivity index (χ3n) is 4.08. The van der Waals surface area contributed by atoms with Crippen LogP contribution in [0.5, 0.6) is 0 Å². The average molecular weight is 369 g/mol. The van der Waals surface area contributed by atoms with E-state index in [9.17, 15) is 13.2 Å². The minimum absolute atomic E-state index is 0.0467. The number of rotatable bonds is 5. The number of carbonyl (C=O) groups excluding carboxylic acids is 1. The Morgan fingerprint density at radius 1 is 1.00 bits per heavy atom. The van der Waals surface area contributed by atoms with Crippen LogP contribution < -0.4 is 4.72 Å². The van der Waals surface area contributed by atoms with Gasteiger partial charge in [-0.05, 0) is 30.2 Å². The second kappa shape index (κ2) is 7.17. The SMILES string of the molecule is CCC(=O)NS(=O)(=O)c1ccc(-c2c(-c3ccccc3)coc2C)cc1. The minimum Gasteiger partial charge on any atom is -0.468 e. The van der Waals surface area contributed by atoms with Gasteiger partial charge in [0.25, 0.3) is 10.0 Å². The third kappa shape index (κ3) is 3.55. The Kier molecular flexibility index (Phi) is 4.95. The standard InChI is InChI=1S/C20H19NO4S/c1-3-19(22)21-26(23,24)17-11-9-16(10-12-17)20-14(2)25-13-18(20)15-7-5-4-6-8-15/h4-13H,3H2,1-2H3,(H,21,22). The predicted molar refractivity (Wildman–Crippen MR) is 99.9 cm³/mol. The molecule has 134 valence electrons. The van der Waals surface area contributed by atoms with Crippen molar-refractivity contribution in [1.29, 1.82) is 0 Å². The molecule has 2 aromatic carbocycles. The molecule has 26 heavy (non-hydrogen) atoms. The zero-order valence-electron chi connectivity index (χ0n) is 14.5. The largest absolute Gasteiger partial charge is 0.468 e. The smallest absolute Gasteiger partial charge is 0.264 e. The van der Waals surface area contributed by atoms with E-state index in [2.05, 4.69) is 0 Å². The summed E-state index contributed by atoms with van der Waals surface area (Å²) in [5.74, 6) is 0.213. The molecule has 0 saturated carbocycles. The Morgan fingerprint density at radius 3 is 2.27 bits per heavy atom. The van der Waals surface area contributed by atoms with Gasteiger partial charge in [-0.2, -0.15) is 0 Å². The fourth-order valence-corrected chi connectivity index (χ4v) is 3.78. The van der Waals surface area contributed by atoms with Crippen LogP contribution in [0.25, 0.3) is 22.3 Å². The van der Waals surface area contributed by atoms with Crippen molar-refractivity contribution < 1.29 is 17.6 Å². The lowest BCUT2D eigenvalue weighted by Crippen LogP contribution is -2.29. The van der Waals surface area contributed by atoms with Gasteiger partial charge in [0.05, 0.1) is 11.2 Å². The van der Waals surface area contributed by atoms with E-state index in [1.807, 2.05) is 42.0 Å². The highest BCUT2D eigenvalue weighted by Crippen LogP contribution is 2.36. The number of furan rings is 1. The lowest BCUT2D eigenvalue weighted by molar-refractivity contribution is -0.119. The number of carbonyl (C=O) groups is 1. The molecule has 1 amide bonds. The first kappa shape index (κ1) is 17.9. The van der Waals surface area contributed by atoms with Gasteiger partial charge in [0.2, 0.25) is 5.91 Å². The van der Waals surface area contributed by atoms with Crippen LogP contribution in [0.3, 0.4) is 0 Å². The monoisotopic (exact) mass is 369 g/mol. The highest BCUT2D eigenvalue weighted by Gasteiger charge is 2.18. The van der Waals surface area contributed by atoms with Gasteiger partial charge in [-0.3, -0.25) is 4.79 Å². The van der Waals surface area contributed by atoms with Crippen molar-refractivity contribution in [1.82, 2.24) is 4.72 Å². The lowest BCUT2D eigenvalue weighted by Gasteiger charge is -2.08. The lowest BCUT2D eigenvalue weighted by atomic mass is 9.97. The number of aryl methyl sites for hydroxylation is 1. The van der Waals surface area contributed by atoms with Gasteiger partial charge >= 0.3 is 0 Å². The first-order chi connectivity index (χ1) is 12.4. The van der Waals surface area contributed by atoms with Crippen molar-refractivity contribution in [3.05, 3.63) is 66.6 Å². The van der Waals surface area contributed by atoms with Gasteiger partial charge in [-0.15, -0.1) is 0 Å². The van der Waals surface area contributed by atoms with Gasteiger partial charge in [0.1, 0.15) is 5.76 Å². The first-order valence-corrected chi connectivity index (χ1v) is 9.70. The molecule has 0 saturated heterocycles. The molecule has 0 fully saturated rings. The molecule has 3 rings (SSSR count). The summed E-state index contributed by atoms with van der Waals surface area (Å²) in [5, 5.41) is 0. The van der Waals surface area contributed by atoms with Crippen LogP contribution >= 0.6 is 0 Å². The molecule has 0 unspecified atom stereocenters. The molecule has 1 aromatic heterocycles. The van der Waals surface area contributed by atoms with Crippen LogP contribution in [0, 0.1) is 6.92 Å². The van der Waals surface area contributed by atoms with E-state index in [0.717, 1.165) is 28.0 Å². The van der Waals surface area contributed by atoms with Crippen molar-refractivity contribution >= 4 is 15.9 Å². The number of sulfonamides is 1. The Hall–Kier alpha value is -2.86. The number of hydrogen-bond acceptors (Lipinski definition) is 4. The van der Waals surface area contributed by atoms with Crippen molar-refractivity contribution in [3.63, 3.8) is 0 Å². The van der Waals surface area contributed by atoms with Crippen molar-refractivity contribution in [2.75, 3.05) is 0 Å². The van der Waals surface area contributed by atoms with E-state index in [1.165, 1.54) is 12.1 Å². The van der Waals surface area contributed by atoms with Crippen LogP contribution in [-0.2, 0) is 14.8 Å². The summed E-state index contributed by atoms with van der Waals surface area (Å²) >= 11 is 0. The molecule has 0 aliphatic carbocycles. The zero-order valence-corrected chi connectivity index (χ0v) is 15.3. The van der Waals surface area contributed by atoms with Crippen molar-refractivity contribution in [2.24, 2.45) is 0 Å². The molecule has 1 heterocycles. The highest BCUT2D eigenvalue weighted by molar-refractivity contribution is 7.90. The summed E-state index contributed by atoms with van der Waals surface area (Å²) in [6, 6.07) is 16.2. The van der Waals surface area contributed by atoms with Crippen molar-refractivity contribution in [3.8, 4) is 22.3 Å². The van der Waals surface area contributed by atoms with Gasteiger partial charge in [0, 0.05) is 17.5 Å². The Balaban J connectivity index is 1.98. The Labute approximate surface area is 152 Å². The van der Waals surface area contributed by atoms with E-state index in [4.69, 9.17) is 4.42 Å². The molecule has 0 atom stereocenters. The Morgan fingerprint density at radius 2 is 1.65 bits per heavy atom. The first-order valence-electron chi connectivity index (χ1n) is 8.22. The second-order valence-corrected chi connectivity index (χ2v) is 7.54. The van der Waals surface area contributed by atoms with Crippen LogP contribution in [-0.4, -0.2) is 14.3 Å². The van der Waals surface area contributed by atoms with Gasteiger partial charge < -0.3 is 4.42 Å². The van der Waals surface area contributed by atoms with Crippen LogP contribution in [0.2, 0.25) is 0 Å². The molecular weight excluding hydrogens is 350 g/mol. The van der Waals surface area contributed by atoms with E-state index in [0.29, 0.717) is 0 Å². The van der Waals surface area contributed by atoms with E-state index in [1.54, 1.807) is 25.3 Å². The van der Waals surface area contributed by atoms with E-state index in [-0.39, 0.29) is 11.3 Å². The van der Waals surface area contributed by atoms with Crippen molar-refractivity contribution in [2.45, 2.75) is 25.2 Å². The maximum Gasteiger partial charge on any atom is 0.264 e. The molecule has 0 spiro atoms. The Bertz CT molecular complexity index is 1020. The molecular formula is C20H19NO4S. The molecule has 1 N–H and O–H groups in total. The molecule has 3 aromatic rings. The molecule has 6 heteroatoms. The summed E-state index contributed by atoms with van der Waals surface area (Å²) < 4.78 is 32.0. The van der Waals surface area contributed by atoms with E-state index >= 15 is 0 Å². The van der Waals surface area contributed by atoms with Gasteiger partial charge in [-0.25, -0.2) is 13.1 Å². The fraction of sp³-hybridized carbons (Fsp3) is 0.150. The van der Waals surface area contributed by atoms with Crippen LogP contribution in [0.4, 0.5) is 0 Å². The second-order valence-electron chi connectivity index (χ2n) is 5.85. The van der Waals surface area contributed by atoms with Gasteiger partial charge in [-0.1, -0.05) is 49.4 Å².